The maximum atomic E-state index is 12.6. The van der Waals surface area contributed by atoms with E-state index in [4.69, 9.17) is 8.83 Å². The number of hydrogen-bond acceptors (Lipinski definition) is 5. The number of carbonyl (C=O) groups is 1. The van der Waals surface area contributed by atoms with Gasteiger partial charge in [0.2, 0.25) is 11.8 Å². The van der Waals surface area contributed by atoms with Gasteiger partial charge in [-0.15, -0.1) is 10.2 Å². The lowest BCUT2D eigenvalue weighted by molar-refractivity contribution is -0.136. The van der Waals surface area contributed by atoms with E-state index in [0.717, 1.165) is 50.8 Å². The fourth-order valence-electron chi connectivity index (χ4n) is 3.53. The van der Waals surface area contributed by atoms with Crippen LogP contribution in [0.5, 0.6) is 0 Å². The first-order chi connectivity index (χ1) is 11.8. The van der Waals surface area contributed by atoms with Crippen molar-refractivity contribution in [1.82, 2.24) is 15.1 Å². The number of nitrogens with zero attached hydrogens (tertiary/aromatic N) is 3. The van der Waals surface area contributed by atoms with Crippen LogP contribution in [0.25, 0.3) is 11.5 Å². The summed E-state index contributed by atoms with van der Waals surface area (Å²) in [6, 6.07) is 1.80. The Kier molecular flexibility index (Phi) is 4.19. The monoisotopic (exact) mass is 327 g/mol. The summed E-state index contributed by atoms with van der Waals surface area (Å²) >= 11 is 0. The number of piperidine rings is 1. The highest BCUT2D eigenvalue weighted by molar-refractivity contribution is 5.79. The number of likely N-dealkylation sites (tertiary alicyclic amines) is 1. The van der Waals surface area contributed by atoms with Gasteiger partial charge < -0.3 is 13.7 Å². The minimum absolute atomic E-state index is 0.169. The Labute approximate surface area is 140 Å². The molecule has 0 radical (unpaired) electrons. The fourth-order valence-corrected chi connectivity index (χ4v) is 3.53. The van der Waals surface area contributed by atoms with Crippen LogP contribution in [0.4, 0.5) is 0 Å². The van der Waals surface area contributed by atoms with Crippen LogP contribution in [-0.4, -0.2) is 34.1 Å². The largest absolute Gasteiger partial charge is 0.472 e. The van der Waals surface area contributed by atoms with Gasteiger partial charge in [-0.25, -0.2) is 0 Å². The molecule has 6 heteroatoms. The number of amides is 1. The van der Waals surface area contributed by atoms with Crippen molar-refractivity contribution < 1.29 is 13.6 Å². The number of carbonyl (C=O) groups excluding carboxylic acids is 1. The second-order valence-corrected chi connectivity index (χ2v) is 6.54. The molecule has 1 unspecified atom stereocenters. The molecule has 2 aromatic rings. The molecule has 1 aliphatic carbocycles. The normalized spacial score (nSPS) is 22.0. The highest BCUT2D eigenvalue weighted by atomic mass is 16.4. The van der Waals surface area contributed by atoms with E-state index in [0.29, 0.717) is 17.7 Å². The third-order valence-electron chi connectivity index (χ3n) is 4.98. The summed E-state index contributed by atoms with van der Waals surface area (Å²) in [5.74, 6) is 1.86. The molecule has 6 nitrogen and oxygen atoms in total. The first-order valence-corrected chi connectivity index (χ1v) is 8.61. The second kappa shape index (κ2) is 6.63. The summed E-state index contributed by atoms with van der Waals surface area (Å²) in [5.41, 5.74) is 0.798. The van der Waals surface area contributed by atoms with Gasteiger partial charge in [0, 0.05) is 24.9 Å². The van der Waals surface area contributed by atoms with Gasteiger partial charge in [-0.3, -0.25) is 4.79 Å². The maximum Gasteiger partial charge on any atom is 0.250 e. The SMILES string of the molecule is O=C(C1CC=CCC1)N1CCC(c2nnc(-c3ccoc3)o2)CC1. The summed E-state index contributed by atoms with van der Waals surface area (Å²) in [5, 5.41) is 8.28. The van der Waals surface area contributed by atoms with Crippen LogP contribution in [0.3, 0.4) is 0 Å². The summed E-state index contributed by atoms with van der Waals surface area (Å²) in [7, 11) is 0. The third kappa shape index (κ3) is 3.00. The molecule has 0 bridgehead atoms. The Morgan fingerprint density at radius 3 is 2.75 bits per heavy atom. The summed E-state index contributed by atoms with van der Waals surface area (Å²) in [6.07, 6.45) is 12.1. The number of furan rings is 1. The van der Waals surface area contributed by atoms with Crippen molar-refractivity contribution in [3.8, 4) is 11.5 Å². The van der Waals surface area contributed by atoms with Crippen LogP contribution in [-0.2, 0) is 4.79 Å². The zero-order valence-corrected chi connectivity index (χ0v) is 13.6. The number of aromatic nitrogens is 2. The van der Waals surface area contributed by atoms with Gasteiger partial charge in [-0.05, 0) is 38.2 Å². The second-order valence-electron chi connectivity index (χ2n) is 6.54. The maximum absolute atomic E-state index is 12.6. The minimum Gasteiger partial charge on any atom is -0.472 e. The van der Waals surface area contributed by atoms with Gasteiger partial charge in [0.1, 0.15) is 6.26 Å². The molecule has 0 spiro atoms. The van der Waals surface area contributed by atoms with Gasteiger partial charge in [-0.2, -0.15) is 0 Å². The molecule has 0 aromatic carbocycles. The number of allylic oxidation sites excluding steroid dienone is 2. The average Bonchev–Trinajstić information content (AvgIpc) is 3.33. The summed E-state index contributed by atoms with van der Waals surface area (Å²) in [6.45, 7) is 1.54. The molecule has 126 valence electrons. The lowest BCUT2D eigenvalue weighted by Gasteiger charge is -2.33. The fraction of sp³-hybridized carbons (Fsp3) is 0.500. The zero-order chi connectivity index (χ0) is 16.4. The molecule has 2 aromatic heterocycles. The molecule has 2 aliphatic rings. The van der Waals surface area contributed by atoms with Crippen molar-refractivity contribution in [1.29, 1.82) is 0 Å². The van der Waals surface area contributed by atoms with E-state index in [2.05, 4.69) is 22.3 Å². The van der Waals surface area contributed by atoms with Gasteiger partial charge in [0.05, 0.1) is 11.8 Å². The molecule has 24 heavy (non-hydrogen) atoms. The minimum atomic E-state index is 0.169. The van der Waals surface area contributed by atoms with E-state index >= 15 is 0 Å². The Morgan fingerprint density at radius 2 is 2.04 bits per heavy atom. The molecular formula is C18H21N3O3. The van der Waals surface area contributed by atoms with Gasteiger partial charge >= 0.3 is 0 Å². The predicted molar refractivity (Wildman–Crippen MR) is 87.0 cm³/mol. The lowest BCUT2D eigenvalue weighted by Crippen LogP contribution is -2.41. The summed E-state index contributed by atoms with van der Waals surface area (Å²) < 4.78 is 10.8. The third-order valence-corrected chi connectivity index (χ3v) is 4.98. The predicted octanol–water partition coefficient (Wildman–Crippen LogP) is 3.39. The van der Waals surface area contributed by atoms with E-state index < -0.39 is 0 Å². The van der Waals surface area contributed by atoms with Crippen molar-refractivity contribution >= 4 is 5.91 Å². The van der Waals surface area contributed by atoms with Crippen molar-refractivity contribution in [2.75, 3.05) is 13.1 Å². The first kappa shape index (κ1) is 15.2. The van der Waals surface area contributed by atoms with Crippen molar-refractivity contribution in [2.24, 2.45) is 5.92 Å². The molecule has 1 saturated heterocycles. The quantitative estimate of drug-likeness (QED) is 0.808. The Morgan fingerprint density at radius 1 is 1.17 bits per heavy atom. The van der Waals surface area contributed by atoms with E-state index in [1.807, 2.05) is 4.90 Å². The lowest BCUT2D eigenvalue weighted by atomic mass is 9.91. The van der Waals surface area contributed by atoms with E-state index in [-0.39, 0.29) is 11.8 Å². The van der Waals surface area contributed by atoms with E-state index in [1.165, 1.54) is 0 Å². The zero-order valence-electron chi connectivity index (χ0n) is 13.6. The van der Waals surface area contributed by atoms with Crippen molar-refractivity contribution in [3.05, 3.63) is 36.6 Å². The highest BCUT2D eigenvalue weighted by Crippen LogP contribution is 2.31. The first-order valence-electron chi connectivity index (χ1n) is 8.61. The Bertz CT molecular complexity index is 712. The highest BCUT2D eigenvalue weighted by Gasteiger charge is 2.30. The standard InChI is InChI=1S/C18H21N3O3/c22-18(14-4-2-1-3-5-14)21-9-6-13(7-10-21)16-19-20-17(24-16)15-8-11-23-12-15/h1-2,8,11-14H,3-7,9-10H2. The van der Waals surface area contributed by atoms with E-state index in [1.54, 1.807) is 18.6 Å². The number of hydrogen-bond donors (Lipinski definition) is 0. The van der Waals surface area contributed by atoms with Crippen LogP contribution in [0.2, 0.25) is 0 Å². The van der Waals surface area contributed by atoms with Crippen LogP contribution < -0.4 is 0 Å². The van der Waals surface area contributed by atoms with Crippen LogP contribution >= 0.6 is 0 Å². The molecule has 4 rings (SSSR count). The molecule has 0 N–H and O–H groups in total. The average molecular weight is 327 g/mol. The molecular weight excluding hydrogens is 306 g/mol. The van der Waals surface area contributed by atoms with Crippen molar-refractivity contribution in [2.45, 2.75) is 38.0 Å². The summed E-state index contributed by atoms with van der Waals surface area (Å²) in [4.78, 5) is 14.6. The van der Waals surface area contributed by atoms with Gasteiger partial charge in [0.25, 0.3) is 5.89 Å². The van der Waals surface area contributed by atoms with Gasteiger partial charge in [-0.1, -0.05) is 12.2 Å². The molecule has 1 fully saturated rings. The molecule has 1 aliphatic heterocycles. The van der Waals surface area contributed by atoms with Crippen LogP contribution in [0.15, 0.2) is 39.6 Å². The molecule has 1 atom stereocenters. The van der Waals surface area contributed by atoms with Crippen LogP contribution in [0, 0.1) is 5.92 Å². The molecule has 1 amide bonds. The van der Waals surface area contributed by atoms with E-state index in [9.17, 15) is 4.79 Å². The Hall–Kier alpha value is -2.37. The molecule has 0 saturated carbocycles. The van der Waals surface area contributed by atoms with Crippen LogP contribution in [0.1, 0.15) is 43.9 Å². The number of rotatable bonds is 3. The topological polar surface area (TPSA) is 72.4 Å². The smallest absolute Gasteiger partial charge is 0.250 e. The van der Waals surface area contributed by atoms with Crippen molar-refractivity contribution in [3.63, 3.8) is 0 Å². The molecule has 3 heterocycles. The Balaban J connectivity index is 1.36. The van der Waals surface area contributed by atoms with Gasteiger partial charge in [0.15, 0.2) is 0 Å².